The Kier molecular flexibility index (Phi) is 3.86. The predicted molar refractivity (Wildman–Crippen MR) is 96.7 cm³/mol. The topological polar surface area (TPSA) is 58.2 Å². The first-order valence-electron chi connectivity index (χ1n) is 8.86. The maximum Gasteiger partial charge on any atom is 0.257 e. The maximum absolute atomic E-state index is 12.9. The quantitative estimate of drug-likeness (QED) is 0.866. The molecule has 0 radical (unpaired) electrons. The molecule has 4 rings (SSSR count). The molecule has 1 atom stereocenters. The number of benzene rings is 1. The molecular weight excluding hydrogens is 314 g/mol. The van der Waals surface area contributed by atoms with Gasteiger partial charge in [-0.2, -0.15) is 5.10 Å². The molecule has 2 aliphatic heterocycles. The number of hydrogen-bond acceptors (Lipinski definition) is 3. The molecule has 0 unspecified atom stereocenters. The molecule has 1 amide bonds. The summed E-state index contributed by atoms with van der Waals surface area (Å²) in [4.78, 5) is 14.9. The van der Waals surface area contributed by atoms with Crippen LogP contribution in [0.2, 0.25) is 0 Å². The Morgan fingerprint density at radius 1 is 1.24 bits per heavy atom. The van der Waals surface area contributed by atoms with Crippen molar-refractivity contribution in [2.24, 2.45) is 0 Å². The van der Waals surface area contributed by atoms with Crippen LogP contribution in [-0.2, 0) is 0 Å². The van der Waals surface area contributed by atoms with Crippen LogP contribution in [0.1, 0.15) is 46.6 Å². The van der Waals surface area contributed by atoms with Gasteiger partial charge in [-0.3, -0.25) is 9.89 Å². The van der Waals surface area contributed by atoms with E-state index in [4.69, 9.17) is 4.74 Å². The van der Waals surface area contributed by atoms with Gasteiger partial charge >= 0.3 is 0 Å². The van der Waals surface area contributed by atoms with E-state index in [1.54, 1.807) is 0 Å². The highest BCUT2D eigenvalue weighted by atomic mass is 16.5. The van der Waals surface area contributed by atoms with Gasteiger partial charge in [-0.25, -0.2) is 0 Å². The molecule has 25 heavy (non-hydrogen) atoms. The number of ether oxygens (including phenoxy) is 1. The third-order valence-corrected chi connectivity index (χ3v) is 5.26. The molecule has 1 fully saturated rings. The van der Waals surface area contributed by atoms with E-state index in [2.05, 4.69) is 28.4 Å². The van der Waals surface area contributed by atoms with Crippen molar-refractivity contribution in [3.63, 3.8) is 0 Å². The van der Waals surface area contributed by atoms with Gasteiger partial charge in [0.1, 0.15) is 11.4 Å². The van der Waals surface area contributed by atoms with Crippen molar-refractivity contribution in [3.8, 4) is 5.75 Å². The lowest BCUT2D eigenvalue weighted by molar-refractivity contribution is 0.0729. The van der Waals surface area contributed by atoms with E-state index in [0.717, 1.165) is 48.5 Å². The predicted octanol–water partition coefficient (Wildman–Crippen LogP) is 3.50. The van der Waals surface area contributed by atoms with E-state index in [9.17, 15) is 4.79 Å². The Bertz CT molecular complexity index is 820. The highest BCUT2D eigenvalue weighted by Gasteiger charge is 2.36. The van der Waals surface area contributed by atoms with Crippen molar-refractivity contribution in [1.29, 1.82) is 0 Å². The molecule has 0 bridgehead atoms. The fourth-order valence-corrected chi connectivity index (χ4v) is 3.83. The molecule has 130 valence electrons. The van der Waals surface area contributed by atoms with Crippen LogP contribution >= 0.6 is 0 Å². The maximum atomic E-state index is 12.9. The monoisotopic (exact) mass is 337 g/mol. The number of carbonyl (C=O) groups is 1. The van der Waals surface area contributed by atoms with Gasteiger partial charge < -0.3 is 9.64 Å². The van der Waals surface area contributed by atoms with Gasteiger partial charge in [-0.05, 0) is 38.8 Å². The van der Waals surface area contributed by atoms with Crippen LogP contribution in [0.4, 0.5) is 0 Å². The Morgan fingerprint density at radius 2 is 2.08 bits per heavy atom. The number of para-hydroxylation sites is 1. The molecule has 5 nitrogen and oxygen atoms in total. The van der Waals surface area contributed by atoms with Gasteiger partial charge in [0.2, 0.25) is 0 Å². The number of nitrogens with one attached hydrogen (secondary N) is 1. The lowest BCUT2D eigenvalue weighted by atomic mass is 9.91. The second-order valence-corrected chi connectivity index (χ2v) is 6.99. The Morgan fingerprint density at radius 3 is 2.88 bits per heavy atom. The molecule has 3 heterocycles. The molecular formula is C20H23N3O2. The largest absolute Gasteiger partial charge is 0.483 e. The molecule has 2 aliphatic rings. The van der Waals surface area contributed by atoms with Crippen LogP contribution < -0.4 is 4.74 Å². The first kappa shape index (κ1) is 15.9. The number of aryl methyl sites for hydroxylation is 2. The summed E-state index contributed by atoms with van der Waals surface area (Å²) in [6.45, 7) is 5.22. The summed E-state index contributed by atoms with van der Waals surface area (Å²) >= 11 is 0. The van der Waals surface area contributed by atoms with Crippen molar-refractivity contribution < 1.29 is 9.53 Å². The summed E-state index contributed by atoms with van der Waals surface area (Å²) < 4.78 is 6.36. The van der Waals surface area contributed by atoms with Crippen molar-refractivity contribution in [3.05, 3.63) is 52.9 Å². The zero-order valence-electron chi connectivity index (χ0n) is 14.7. The fourth-order valence-electron chi connectivity index (χ4n) is 3.83. The van der Waals surface area contributed by atoms with Gasteiger partial charge in [0, 0.05) is 30.8 Å². The fraction of sp³-hybridized carbons (Fsp3) is 0.400. The van der Waals surface area contributed by atoms with Crippen molar-refractivity contribution in [2.75, 3.05) is 13.1 Å². The average Bonchev–Trinajstić information content (AvgIpc) is 2.83. The number of H-pyrrole nitrogens is 1. The third-order valence-electron chi connectivity index (χ3n) is 5.26. The highest BCUT2D eigenvalue weighted by Crippen LogP contribution is 2.37. The number of rotatable bonds is 1. The lowest BCUT2D eigenvalue weighted by Gasteiger charge is -2.34. The van der Waals surface area contributed by atoms with Gasteiger partial charge in [0.05, 0.1) is 11.3 Å². The molecule has 1 N–H and O–H groups in total. The van der Waals surface area contributed by atoms with Crippen LogP contribution in [-0.4, -0.2) is 39.7 Å². The number of aromatic nitrogens is 2. The standard InChI is InChI=1S/C20H23N3O2/c1-14-18(15(2)22-21-14)19(24)23-12-5-9-20(11-13-23)10-8-16-6-3-4-7-17(16)25-20/h3-4,6-8,10H,5,9,11-13H2,1-2H3,(H,21,22)/t20-/m0/s1. The van der Waals surface area contributed by atoms with Crippen molar-refractivity contribution >= 4 is 12.0 Å². The Labute approximate surface area is 147 Å². The van der Waals surface area contributed by atoms with Crippen molar-refractivity contribution in [2.45, 2.75) is 38.7 Å². The number of likely N-dealkylation sites (tertiary alicyclic amines) is 1. The molecule has 2 aromatic rings. The zero-order chi connectivity index (χ0) is 17.4. The van der Waals surface area contributed by atoms with E-state index in [-0.39, 0.29) is 11.5 Å². The summed E-state index contributed by atoms with van der Waals surface area (Å²) in [6.07, 6.45) is 6.98. The van der Waals surface area contributed by atoms with Crippen molar-refractivity contribution in [1.82, 2.24) is 15.1 Å². The number of nitrogens with zero attached hydrogens (tertiary/aromatic N) is 2. The van der Waals surface area contributed by atoms with E-state index >= 15 is 0 Å². The van der Waals surface area contributed by atoms with Gasteiger partial charge in [0.25, 0.3) is 5.91 Å². The molecule has 1 saturated heterocycles. The second-order valence-electron chi connectivity index (χ2n) is 6.99. The minimum atomic E-state index is -0.302. The molecule has 0 saturated carbocycles. The minimum Gasteiger partial charge on any atom is -0.483 e. The first-order valence-corrected chi connectivity index (χ1v) is 8.86. The lowest BCUT2D eigenvalue weighted by Crippen LogP contribution is -2.38. The summed E-state index contributed by atoms with van der Waals surface area (Å²) in [7, 11) is 0. The number of aromatic amines is 1. The van der Waals surface area contributed by atoms with Crippen LogP contribution in [0.15, 0.2) is 30.3 Å². The number of amides is 1. The Hall–Kier alpha value is -2.56. The molecule has 5 heteroatoms. The average molecular weight is 337 g/mol. The second kappa shape index (κ2) is 6.06. The molecule has 1 aromatic carbocycles. The summed E-state index contributed by atoms with van der Waals surface area (Å²) in [5.41, 5.74) is 3.13. The van der Waals surface area contributed by atoms with Crippen LogP contribution in [0, 0.1) is 13.8 Å². The van der Waals surface area contributed by atoms with Crippen LogP contribution in [0.3, 0.4) is 0 Å². The summed E-state index contributed by atoms with van der Waals surface area (Å²) in [5, 5.41) is 7.06. The highest BCUT2D eigenvalue weighted by molar-refractivity contribution is 5.96. The van der Waals surface area contributed by atoms with Crippen LogP contribution in [0.5, 0.6) is 5.75 Å². The third kappa shape index (κ3) is 2.84. The van der Waals surface area contributed by atoms with E-state index in [1.165, 1.54) is 0 Å². The van der Waals surface area contributed by atoms with Gasteiger partial charge in [-0.1, -0.05) is 24.3 Å². The normalized spacial score (nSPS) is 22.4. The summed E-state index contributed by atoms with van der Waals surface area (Å²) in [5.74, 6) is 1.01. The van der Waals surface area contributed by atoms with E-state index in [1.807, 2.05) is 36.9 Å². The number of hydrogen-bond donors (Lipinski definition) is 1. The molecule has 0 aliphatic carbocycles. The molecule has 1 aromatic heterocycles. The zero-order valence-corrected chi connectivity index (χ0v) is 14.7. The number of fused-ring (bicyclic) bond motifs is 1. The first-order chi connectivity index (χ1) is 12.1. The summed E-state index contributed by atoms with van der Waals surface area (Å²) in [6, 6.07) is 8.11. The van der Waals surface area contributed by atoms with Crippen LogP contribution in [0.25, 0.3) is 6.08 Å². The van der Waals surface area contributed by atoms with Gasteiger partial charge in [-0.15, -0.1) is 0 Å². The van der Waals surface area contributed by atoms with E-state index in [0.29, 0.717) is 12.1 Å². The minimum absolute atomic E-state index is 0.0704. The van der Waals surface area contributed by atoms with Gasteiger partial charge in [0.15, 0.2) is 0 Å². The Balaban J connectivity index is 1.53. The molecule has 1 spiro atoms. The van der Waals surface area contributed by atoms with E-state index < -0.39 is 0 Å². The SMILES string of the molecule is Cc1n[nH]c(C)c1C(=O)N1CCC[C@]2(C=Cc3ccccc3O2)CC1. The smallest absolute Gasteiger partial charge is 0.257 e. The number of carbonyl (C=O) groups excluding carboxylic acids is 1.